The Bertz CT molecular complexity index is 716. The minimum absolute atomic E-state index is 0.179. The maximum atomic E-state index is 12.1. The lowest BCUT2D eigenvalue weighted by Gasteiger charge is -2.07. The minimum atomic E-state index is -3.53. The molecule has 0 bridgehead atoms. The molecule has 108 valence electrons. The highest BCUT2D eigenvalue weighted by Gasteiger charge is 2.14. The third-order valence-corrected chi connectivity index (χ3v) is 6.46. The first-order chi connectivity index (χ1) is 9.38. The van der Waals surface area contributed by atoms with Crippen LogP contribution in [-0.2, 0) is 16.4 Å². The van der Waals surface area contributed by atoms with E-state index in [9.17, 15) is 8.42 Å². The van der Waals surface area contributed by atoms with Crippen LogP contribution < -0.4 is 4.72 Å². The lowest BCUT2D eigenvalue weighted by molar-refractivity contribution is 0.582. The third kappa shape index (κ3) is 4.19. The Morgan fingerprint density at radius 3 is 2.55 bits per heavy atom. The van der Waals surface area contributed by atoms with Gasteiger partial charge in [-0.15, -0.1) is 11.3 Å². The van der Waals surface area contributed by atoms with Crippen molar-refractivity contribution in [2.75, 3.05) is 6.54 Å². The molecular formula is C12H10BrCl2NO2S2. The fraction of sp³-hybridized carbons (Fsp3) is 0.167. The Kier molecular flexibility index (Phi) is 5.50. The average Bonchev–Trinajstić information content (AvgIpc) is 2.78. The molecule has 0 spiro atoms. The maximum Gasteiger partial charge on any atom is 0.240 e. The van der Waals surface area contributed by atoms with E-state index in [1.165, 1.54) is 23.5 Å². The fourth-order valence-corrected chi connectivity index (χ4v) is 4.31. The molecule has 0 aliphatic rings. The van der Waals surface area contributed by atoms with Crippen LogP contribution in [0.25, 0.3) is 0 Å². The topological polar surface area (TPSA) is 46.2 Å². The van der Waals surface area contributed by atoms with Crippen LogP contribution >= 0.6 is 50.5 Å². The third-order valence-electron chi connectivity index (χ3n) is 2.49. The summed E-state index contributed by atoms with van der Waals surface area (Å²) in [6.45, 7) is 0.319. The summed E-state index contributed by atoms with van der Waals surface area (Å²) in [5.74, 6) is 0. The molecule has 0 saturated carbocycles. The van der Waals surface area contributed by atoms with E-state index in [1.807, 2.05) is 6.07 Å². The first-order valence-corrected chi connectivity index (χ1v) is 9.42. The summed E-state index contributed by atoms with van der Waals surface area (Å²) in [5.41, 5.74) is 0. The van der Waals surface area contributed by atoms with Gasteiger partial charge in [-0.05, 0) is 52.7 Å². The van der Waals surface area contributed by atoms with E-state index in [0.717, 1.165) is 4.88 Å². The van der Waals surface area contributed by atoms with Crippen molar-refractivity contribution in [3.63, 3.8) is 0 Å². The second kappa shape index (κ2) is 6.77. The van der Waals surface area contributed by atoms with E-state index >= 15 is 0 Å². The van der Waals surface area contributed by atoms with Crippen LogP contribution in [0.4, 0.5) is 0 Å². The number of sulfonamides is 1. The molecule has 0 aliphatic heterocycles. The first-order valence-electron chi connectivity index (χ1n) is 5.57. The molecule has 0 atom stereocenters. The summed E-state index contributed by atoms with van der Waals surface area (Å²) < 4.78 is 28.0. The number of hydrogen-bond donors (Lipinski definition) is 1. The monoisotopic (exact) mass is 413 g/mol. The van der Waals surface area contributed by atoms with Crippen molar-refractivity contribution in [1.29, 1.82) is 0 Å². The first kappa shape index (κ1) is 16.3. The summed E-state index contributed by atoms with van der Waals surface area (Å²) in [7, 11) is -3.53. The highest BCUT2D eigenvalue weighted by molar-refractivity contribution is 9.10. The summed E-state index contributed by atoms with van der Waals surface area (Å²) in [6, 6.07) is 8.18. The van der Waals surface area contributed by atoms with Gasteiger partial charge < -0.3 is 0 Å². The predicted octanol–water partition coefficient (Wildman–Crippen LogP) is 4.34. The van der Waals surface area contributed by atoms with Crippen LogP contribution in [0.2, 0.25) is 9.36 Å². The zero-order valence-corrected chi connectivity index (χ0v) is 14.8. The standard InChI is InChI=1S/C12H10BrCl2NO2S2/c13-10-7-9(2-3-11(10)14)20(17,18)16-6-5-8-1-4-12(15)19-8/h1-4,7,16H,5-6H2. The molecule has 1 aromatic carbocycles. The number of thiophene rings is 1. The van der Waals surface area contributed by atoms with E-state index in [4.69, 9.17) is 23.2 Å². The van der Waals surface area contributed by atoms with Crippen molar-refractivity contribution in [3.8, 4) is 0 Å². The van der Waals surface area contributed by atoms with E-state index < -0.39 is 10.0 Å². The molecule has 0 amide bonds. The normalized spacial score (nSPS) is 11.8. The quantitative estimate of drug-likeness (QED) is 0.790. The van der Waals surface area contributed by atoms with Crippen molar-refractivity contribution in [2.24, 2.45) is 0 Å². The van der Waals surface area contributed by atoms with E-state index in [1.54, 1.807) is 12.1 Å². The smallest absolute Gasteiger partial charge is 0.211 e. The number of hydrogen-bond acceptors (Lipinski definition) is 3. The van der Waals surface area contributed by atoms with Gasteiger partial charge in [-0.3, -0.25) is 0 Å². The van der Waals surface area contributed by atoms with Crippen LogP contribution in [0, 0.1) is 0 Å². The van der Waals surface area contributed by atoms with Gasteiger partial charge in [0.2, 0.25) is 10.0 Å². The van der Waals surface area contributed by atoms with Gasteiger partial charge in [0.1, 0.15) is 0 Å². The van der Waals surface area contributed by atoms with Gasteiger partial charge in [-0.2, -0.15) is 0 Å². The van der Waals surface area contributed by atoms with Gasteiger partial charge in [0.05, 0.1) is 14.3 Å². The van der Waals surface area contributed by atoms with Crippen LogP contribution in [0.3, 0.4) is 0 Å². The molecule has 8 heteroatoms. The van der Waals surface area contributed by atoms with Gasteiger partial charge in [-0.1, -0.05) is 23.2 Å². The van der Waals surface area contributed by atoms with Crippen LogP contribution in [-0.4, -0.2) is 15.0 Å². The Hall–Kier alpha value is -0.110. The molecule has 1 heterocycles. The fourth-order valence-electron chi connectivity index (χ4n) is 1.52. The molecule has 1 aromatic heterocycles. The predicted molar refractivity (Wildman–Crippen MR) is 87.4 cm³/mol. The molecule has 1 N–H and O–H groups in total. The number of rotatable bonds is 5. The SMILES string of the molecule is O=S(=O)(NCCc1ccc(Cl)s1)c1ccc(Cl)c(Br)c1. The Balaban J connectivity index is 2.02. The summed E-state index contributed by atoms with van der Waals surface area (Å²) in [5, 5.41) is 0.470. The van der Waals surface area contributed by atoms with E-state index in [0.29, 0.717) is 26.8 Å². The molecule has 0 radical (unpaired) electrons. The van der Waals surface area contributed by atoms with Crippen molar-refractivity contribution in [2.45, 2.75) is 11.3 Å². The number of nitrogens with one attached hydrogen (secondary N) is 1. The van der Waals surface area contributed by atoms with Crippen molar-refractivity contribution < 1.29 is 8.42 Å². The zero-order chi connectivity index (χ0) is 14.8. The number of halogens is 3. The van der Waals surface area contributed by atoms with Crippen LogP contribution in [0.1, 0.15) is 4.88 Å². The summed E-state index contributed by atoms with van der Waals surface area (Å²) in [4.78, 5) is 1.22. The molecule has 0 saturated heterocycles. The van der Waals surface area contributed by atoms with Crippen molar-refractivity contribution in [1.82, 2.24) is 4.72 Å². The summed E-state index contributed by atoms with van der Waals surface area (Å²) >= 11 is 16.3. The van der Waals surface area contributed by atoms with E-state index in [2.05, 4.69) is 20.7 Å². The average molecular weight is 415 g/mol. The van der Waals surface area contributed by atoms with Crippen LogP contribution in [0.5, 0.6) is 0 Å². The highest BCUT2D eigenvalue weighted by atomic mass is 79.9. The molecule has 0 fully saturated rings. The van der Waals surface area contributed by atoms with Gasteiger partial charge in [-0.25, -0.2) is 13.1 Å². The van der Waals surface area contributed by atoms with Crippen molar-refractivity contribution in [3.05, 3.63) is 49.0 Å². The molecule has 0 unspecified atom stereocenters. The molecule has 2 aromatic rings. The second-order valence-corrected chi connectivity index (χ2v) is 8.76. The Morgan fingerprint density at radius 1 is 1.20 bits per heavy atom. The molecular weight excluding hydrogens is 405 g/mol. The van der Waals surface area contributed by atoms with Gasteiger partial charge in [0, 0.05) is 15.9 Å². The maximum absolute atomic E-state index is 12.1. The van der Waals surface area contributed by atoms with Crippen molar-refractivity contribution >= 4 is 60.5 Å². The lowest BCUT2D eigenvalue weighted by Crippen LogP contribution is -2.25. The van der Waals surface area contributed by atoms with Gasteiger partial charge >= 0.3 is 0 Å². The lowest BCUT2D eigenvalue weighted by atomic mass is 10.3. The largest absolute Gasteiger partial charge is 0.240 e. The summed E-state index contributed by atoms with van der Waals surface area (Å²) in [6.07, 6.45) is 0.603. The Labute approximate surface area is 140 Å². The molecule has 0 aliphatic carbocycles. The molecule has 20 heavy (non-hydrogen) atoms. The van der Waals surface area contributed by atoms with Gasteiger partial charge in [0.15, 0.2) is 0 Å². The highest BCUT2D eigenvalue weighted by Crippen LogP contribution is 2.25. The van der Waals surface area contributed by atoms with E-state index in [-0.39, 0.29) is 4.90 Å². The minimum Gasteiger partial charge on any atom is -0.211 e. The van der Waals surface area contributed by atoms with Gasteiger partial charge in [0.25, 0.3) is 0 Å². The Morgan fingerprint density at radius 2 is 1.95 bits per heavy atom. The molecule has 2 rings (SSSR count). The van der Waals surface area contributed by atoms with Crippen LogP contribution in [0.15, 0.2) is 39.7 Å². The zero-order valence-electron chi connectivity index (χ0n) is 10.1. The molecule has 3 nitrogen and oxygen atoms in total. The second-order valence-electron chi connectivity index (χ2n) is 3.93. The number of benzene rings is 1.